The molecule has 1 aliphatic heterocycles. The molecule has 110 valence electrons. The van der Waals surface area contributed by atoms with Crippen molar-refractivity contribution >= 4 is 5.97 Å². The standard InChI is InChI=1S/C17H25NO2/c1-4-20-17(19)16-7-5-6-8-18(16)12-15-10-13(2)9-14(3)11-15/h9-11,16H,4-8,12H2,1-3H3. The second kappa shape index (κ2) is 6.89. The summed E-state index contributed by atoms with van der Waals surface area (Å²) in [5, 5.41) is 0. The lowest BCUT2D eigenvalue weighted by molar-refractivity contribution is -0.151. The number of carbonyl (C=O) groups is 1. The molecule has 0 aromatic heterocycles. The normalized spacial score (nSPS) is 19.9. The van der Waals surface area contributed by atoms with E-state index in [4.69, 9.17) is 4.74 Å². The number of piperidine rings is 1. The second-order valence-electron chi connectivity index (χ2n) is 5.73. The molecular weight excluding hydrogens is 250 g/mol. The Balaban J connectivity index is 2.10. The Morgan fingerprint density at radius 3 is 2.60 bits per heavy atom. The summed E-state index contributed by atoms with van der Waals surface area (Å²) < 4.78 is 5.22. The largest absolute Gasteiger partial charge is 0.465 e. The Hall–Kier alpha value is -1.35. The molecular formula is C17H25NO2. The van der Waals surface area contributed by atoms with Crippen LogP contribution in [0.25, 0.3) is 0 Å². The zero-order valence-electron chi connectivity index (χ0n) is 12.8. The predicted molar refractivity (Wildman–Crippen MR) is 80.6 cm³/mol. The summed E-state index contributed by atoms with van der Waals surface area (Å²) in [5.74, 6) is -0.0587. The lowest BCUT2D eigenvalue weighted by Crippen LogP contribution is -2.44. The van der Waals surface area contributed by atoms with Crippen LogP contribution in [0.5, 0.6) is 0 Å². The fraction of sp³-hybridized carbons (Fsp3) is 0.588. The van der Waals surface area contributed by atoms with Crippen LogP contribution in [0.1, 0.15) is 42.9 Å². The maximum absolute atomic E-state index is 12.1. The fourth-order valence-electron chi connectivity index (χ4n) is 3.08. The Kier molecular flexibility index (Phi) is 5.18. The molecule has 0 radical (unpaired) electrons. The number of esters is 1. The lowest BCUT2D eigenvalue weighted by atomic mass is 10.00. The van der Waals surface area contributed by atoms with Crippen molar-refractivity contribution in [1.29, 1.82) is 0 Å². The molecule has 3 heteroatoms. The first-order valence-corrected chi connectivity index (χ1v) is 7.58. The molecule has 0 amide bonds. The van der Waals surface area contributed by atoms with Crippen LogP contribution in [0.2, 0.25) is 0 Å². The number of likely N-dealkylation sites (tertiary alicyclic amines) is 1. The molecule has 1 aliphatic rings. The molecule has 1 heterocycles. The first-order valence-electron chi connectivity index (χ1n) is 7.58. The fourth-order valence-corrected chi connectivity index (χ4v) is 3.08. The summed E-state index contributed by atoms with van der Waals surface area (Å²) in [6, 6.07) is 6.54. The highest BCUT2D eigenvalue weighted by Crippen LogP contribution is 2.21. The van der Waals surface area contributed by atoms with Gasteiger partial charge >= 0.3 is 5.97 Å². The summed E-state index contributed by atoms with van der Waals surface area (Å²) in [7, 11) is 0. The van der Waals surface area contributed by atoms with Gasteiger partial charge < -0.3 is 4.74 Å². The Morgan fingerprint density at radius 2 is 1.95 bits per heavy atom. The van der Waals surface area contributed by atoms with Gasteiger partial charge in [0, 0.05) is 6.54 Å². The number of benzene rings is 1. The minimum Gasteiger partial charge on any atom is -0.465 e. The van der Waals surface area contributed by atoms with E-state index >= 15 is 0 Å². The van der Waals surface area contributed by atoms with Gasteiger partial charge in [-0.25, -0.2) is 0 Å². The van der Waals surface area contributed by atoms with Crippen LogP contribution in [0, 0.1) is 13.8 Å². The van der Waals surface area contributed by atoms with E-state index in [1.54, 1.807) is 0 Å². The number of nitrogens with zero attached hydrogens (tertiary/aromatic N) is 1. The molecule has 20 heavy (non-hydrogen) atoms. The molecule has 1 fully saturated rings. The summed E-state index contributed by atoms with van der Waals surface area (Å²) in [4.78, 5) is 14.3. The van der Waals surface area contributed by atoms with Crippen LogP contribution in [-0.2, 0) is 16.1 Å². The van der Waals surface area contributed by atoms with E-state index in [2.05, 4.69) is 36.9 Å². The highest BCUT2D eigenvalue weighted by Gasteiger charge is 2.29. The molecule has 1 saturated heterocycles. The van der Waals surface area contributed by atoms with E-state index in [1.165, 1.54) is 23.1 Å². The van der Waals surface area contributed by atoms with Crippen molar-refractivity contribution in [3.8, 4) is 0 Å². The van der Waals surface area contributed by atoms with Gasteiger partial charge in [-0.15, -0.1) is 0 Å². The summed E-state index contributed by atoms with van der Waals surface area (Å²) in [6.07, 6.45) is 3.21. The zero-order chi connectivity index (χ0) is 14.5. The van der Waals surface area contributed by atoms with Gasteiger partial charge in [0.15, 0.2) is 0 Å². The number of rotatable bonds is 4. The Labute approximate surface area is 121 Å². The van der Waals surface area contributed by atoms with Crippen LogP contribution in [-0.4, -0.2) is 30.1 Å². The molecule has 3 nitrogen and oxygen atoms in total. The van der Waals surface area contributed by atoms with Gasteiger partial charge in [0.1, 0.15) is 6.04 Å². The molecule has 0 spiro atoms. The van der Waals surface area contributed by atoms with E-state index in [9.17, 15) is 4.79 Å². The smallest absolute Gasteiger partial charge is 0.323 e. The third kappa shape index (κ3) is 3.83. The monoisotopic (exact) mass is 275 g/mol. The third-order valence-corrected chi connectivity index (χ3v) is 3.84. The lowest BCUT2D eigenvalue weighted by Gasteiger charge is -2.34. The average Bonchev–Trinajstić information content (AvgIpc) is 2.38. The molecule has 1 aromatic carbocycles. The van der Waals surface area contributed by atoms with Crippen LogP contribution in [0.15, 0.2) is 18.2 Å². The maximum Gasteiger partial charge on any atom is 0.323 e. The molecule has 2 rings (SSSR count). The van der Waals surface area contributed by atoms with Crippen LogP contribution >= 0.6 is 0 Å². The molecule has 0 saturated carbocycles. The summed E-state index contributed by atoms with van der Waals surface area (Å²) in [6.45, 7) is 8.40. The SMILES string of the molecule is CCOC(=O)C1CCCCN1Cc1cc(C)cc(C)c1. The van der Waals surface area contributed by atoms with E-state index in [0.717, 1.165) is 25.9 Å². The molecule has 1 aromatic rings. The van der Waals surface area contributed by atoms with E-state index in [0.29, 0.717) is 6.61 Å². The summed E-state index contributed by atoms with van der Waals surface area (Å²) in [5.41, 5.74) is 3.85. The molecule has 0 N–H and O–H groups in total. The summed E-state index contributed by atoms with van der Waals surface area (Å²) >= 11 is 0. The third-order valence-electron chi connectivity index (χ3n) is 3.84. The van der Waals surface area contributed by atoms with Crippen molar-refractivity contribution in [2.45, 2.75) is 52.6 Å². The van der Waals surface area contributed by atoms with Crippen molar-refractivity contribution in [3.63, 3.8) is 0 Å². The van der Waals surface area contributed by atoms with Gasteiger partial charge in [-0.2, -0.15) is 0 Å². The average molecular weight is 275 g/mol. The van der Waals surface area contributed by atoms with Crippen molar-refractivity contribution in [1.82, 2.24) is 4.90 Å². The number of hydrogen-bond donors (Lipinski definition) is 0. The van der Waals surface area contributed by atoms with Crippen LogP contribution in [0.3, 0.4) is 0 Å². The topological polar surface area (TPSA) is 29.5 Å². The van der Waals surface area contributed by atoms with E-state index < -0.39 is 0 Å². The first-order chi connectivity index (χ1) is 9.60. The molecule has 0 bridgehead atoms. The highest BCUT2D eigenvalue weighted by atomic mass is 16.5. The molecule has 1 atom stereocenters. The number of ether oxygens (including phenoxy) is 1. The number of carbonyl (C=O) groups excluding carboxylic acids is 1. The van der Waals surface area contributed by atoms with Gasteiger partial charge in [-0.3, -0.25) is 9.69 Å². The quantitative estimate of drug-likeness (QED) is 0.790. The number of aryl methyl sites for hydroxylation is 2. The van der Waals surface area contributed by atoms with Gasteiger partial charge in [0.05, 0.1) is 6.61 Å². The molecule has 1 unspecified atom stereocenters. The van der Waals surface area contributed by atoms with Gasteiger partial charge in [0.25, 0.3) is 0 Å². The molecule has 0 aliphatic carbocycles. The van der Waals surface area contributed by atoms with Gasteiger partial charge in [-0.1, -0.05) is 35.7 Å². The maximum atomic E-state index is 12.1. The predicted octanol–water partition coefficient (Wildman–Crippen LogP) is 3.22. The van der Waals surface area contributed by atoms with Gasteiger partial charge in [0.2, 0.25) is 0 Å². The minimum absolute atomic E-state index is 0.0587. The highest BCUT2D eigenvalue weighted by molar-refractivity contribution is 5.75. The first kappa shape index (κ1) is 15.0. The van der Waals surface area contributed by atoms with Crippen LogP contribution in [0.4, 0.5) is 0 Å². The van der Waals surface area contributed by atoms with Crippen molar-refractivity contribution < 1.29 is 9.53 Å². The zero-order valence-corrected chi connectivity index (χ0v) is 12.8. The van der Waals surface area contributed by atoms with Gasteiger partial charge in [-0.05, 0) is 45.7 Å². The van der Waals surface area contributed by atoms with Crippen molar-refractivity contribution in [2.75, 3.05) is 13.2 Å². The van der Waals surface area contributed by atoms with Crippen molar-refractivity contribution in [2.24, 2.45) is 0 Å². The van der Waals surface area contributed by atoms with E-state index in [1.807, 2.05) is 6.92 Å². The van der Waals surface area contributed by atoms with E-state index in [-0.39, 0.29) is 12.0 Å². The van der Waals surface area contributed by atoms with Crippen molar-refractivity contribution in [3.05, 3.63) is 34.9 Å². The van der Waals surface area contributed by atoms with Crippen LogP contribution < -0.4 is 0 Å². The number of hydrogen-bond acceptors (Lipinski definition) is 3. The second-order valence-corrected chi connectivity index (χ2v) is 5.73. The Bertz CT molecular complexity index is 450. The minimum atomic E-state index is -0.0653. The Morgan fingerprint density at radius 1 is 1.25 bits per heavy atom.